The minimum atomic E-state index is -0.551. The summed E-state index contributed by atoms with van der Waals surface area (Å²) in [6, 6.07) is 5.84. The fourth-order valence-corrected chi connectivity index (χ4v) is 2.24. The van der Waals surface area contributed by atoms with Crippen LogP contribution in [0.15, 0.2) is 18.2 Å². The number of hydrogen-bond donors (Lipinski definition) is 1. The van der Waals surface area contributed by atoms with Crippen LogP contribution in [-0.4, -0.2) is 19.1 Å². The van der Waals surface area contributed by atoms with Crippen LogP contribution >= 0.6 is 0 Å². The Morgan fingerprint density at radius 3 is 2.94 bits per heavy atom. The van der Waals surface area contributed by atoms with Crippen LogP contribution in [0.3, 0.4) is 0 Å². The molecular formula is C13H17NO2. The van der Waals surface area contributed by atoms with Crippen LogP contribution in [0.4, 0.5) is 0 Å². The predicted molar refractivity (Wildman–Crippen MR) is 62.2 cm³/mol. The second kappa shape index (κ2) is 4.66. The van der Waals surface area contributed by atoms with Crippen LogP contribution in [0.1, 0.15) is 23.1 Å². The van der Waals surface area contributed by atoms with Crippen molar-refractivity contribution in [2.45, 2.75) is 31.7 Å². The van der Waals surface area contributed by atoms with Gasteiger partial charge in [-0.15, -0.1) is 0 Å². The zero-order valence-corrected chi connectivity index (χ0v) is 9.53. The summed E-state index contributed by atoms with van der Waals surface area (Å²) < 4.78 is 4.61. The van der Waals surface area contributed by atoms with E-state index in [4.69, 9.17) is 5.73 Å². The first kappa shape index (κ1) is 11.1. The number of fused-ring (bicyclic) bond motifs is 1. The topological polar surface area (TPSA) is 52.3 Å². The minimum absolute atomic E-state index is 0.347. The van der Waals surface area contributed by atoms with Crippen molar-refractivity contribution in [3.63, 3.8) is 0 Å². The van der Waals surface area contributed by atoms with Gasteiger partial charge >= 0.3 is 5.97 Å². The molecule has 3 nitrogen and oxygen atoms in total. The van der Waals surface area contributed by atoms with E-state index in [1.54, 1.807) is 0 Å². The molecule has 0 bridgehead atoms. The molecule has 0 saturated carbocycles. The number of benzene rings is 1. The van der Waals surface area contributed by atoms with Crippen molar-refractivity contribution in [1.29, 1.82) is 0 Å². The minimum Gasteiger partial charge on any atom is -0.468 e. The highest BCUT2D eigenvalue weighted by Gasteiger charge is 2.16. The lowest BCUT2D eigenvalue weighted by Gasteiger charge is -2.10. The average molecular weight is 219 g/mol. The van der Waals surface area contributed by atoms with E-state index in [0.29, 0.717) is 6.42 Å². The number of rotatable bonds is 3. The summed E-state index contributed by atoms with van der Waals surface area (Å²) in [5.74, 6) is -0.347. The van der Waals surface area contributed by atoms with Crippen molar-refractivity contribution in [3.8, 4) is 0 Å². The molecule has 1 aromatic rings. The molecule has 1 aliphatic carbocycles. The number of esters is 1. The van der Waals surface area contributed by atoms with E-state index in [-0.39, 0.29) is 5.97 Å². The molecule has 86 valence electrons. The number of carbonyl (C=O) groups excluding carboxylic acids is 1. The van der Waals surface area contributed by atoms with Crippen LogP contribution in [0.25, 0.3) is 0 Å². The van der Waals surface area contributed by atoms with Crippen LogP contribution in [-0.2, 0) is 28.8 Å². The van der Waals surface area contributed by atoms with Crippen LogP contribution in [0.5, 0.6) is 0 Å². The molecule has 2 N–H and O–H groups in total. The van der Waals surface area contributed by atoms with E-state index in [1.165, 1.54) is 31.1 Å². The second-order valence-corrected chi connectivity index (χ2v) is 4.29. The van der Waals surface area contributed by atoms with Crippen LogP contribution in [0.2, 0.25) is 0 Å². The Morgan fingerprint density at radius 1 is 1.44 bits per heavy atom. The highest BCUT2D eigenvalue weighted by Crippen LogP contribution is 2.23. The molecular weight excluding hydrogens is 202 g/mol. The normalized spacial score (nSPS) is 15.6. The molecule has 16 heavy (non-hydrogen) atoms. The molecule has 0 aromatic heterocycles. The molecule has 3 heteroatoms. The van der Waals surface area contributed by atoms with Crippen LogP contribution < -0.4 is 5.73 Å². The van der Waals surface area contributed by atoms with Gasteiger partial charge in [0.1, 0.15) is 6.04 Å². The maximum atomic E-state index is 11.2. The molecule has 0 saturated heterocycles. The van der Waals surface area contributed by atoms with Gasteiger partial charge in [0, 0.05) is 0 Å². The highest BCUT2D eigenvalue weighted by molar-refractivity contribution is 5.75. The van der Waals surface area contributed by atoms with Crippen molar-refractivity contribution in [2.75, 3.05) is 7.11 Å². The monoisotopic (exact) mass is 219 g/mol. The first-order valence-corrected chi connectivity index (χ1v) is 5.65. The molecule has 0 unspecified atom stereocenters. The molecule has 0 amide bonds. The standard InChI is InChI=1S/C13H17NO2/c1-16-13(15)12(14)8-9-5-6-10-3-2-4-11(10)7-9/h5-7,12H,2-4,8,14H2,1H3/t12-/m1/s1. The van der Waals surface area contributed by atoms with Gasteiger partial charge in [-0.25, -0.2) is 0 Å². The highest BCUT2D eigenvalue weighted by atomic mass is 16.5. The summed E-state index contributed by atoms with van der Waals surface area (Å²) in [5, 5.41) is 0. The molecule has 0 aliphatic heterocycles. The van der Waals surface area contributed by atoms with Crippen molar-refractivity contribution >= 4 is 5.97 Å². The molecule has 1 atom stereocenters. The zero-order valence-electron chi connectivity index (χ0n) is 9.53. The number of hydrogen-bond acceptors (Lipinski definition) is 3. The second-order valence-electron chi connectivity index (χ2n) is 4.29. The maximum absolute atomic E-state index is 11.2. The Morgan fingerprint density at radius 2 is 2.19 bits per heavy atom. The van der Waals surface area contributed by atoms with Crippen LogP contribution in [0, 0.1) is 0 Å². The van der Waals surface area contributed by atoms with E-state index in [9.17, 15) is 4.79 Å². The van der Waals surface area contributed by atoms with E-state index in [2.05, 4.69) is 22.9 Å². The molecule has 1 aromatic carbocycles. The van der Waals surface area contributed by atoms with Gasteiger partial charge < -0.3 is 10.5 Å². The van der Waals surface area contributed by atoms with Crippen molar-refractivity contribution in [1.82, 2.24) is 0 Å². The first-order valence-electron chi connectivity index (χ1n) is 5.65. The fraction of sp³-hybridized carbons (Fsp3) is 0.462. The lowest BCUT2D eigenvalue weighted by Crippen LogP contribution is -2.33. The summed E-state index contributed by atoms with van der Waals surface area (Å²) in [7, 11) is 1.37. The third-order valence-electron chi connectivity index (χ3n) is 3.12. The summed E-state index contributed by atoms with van der Waals surface area (Å²) in [6.07, 6.45) is 4.12. The summed E-state index contributed by atoms with van der Waals surface area (Å²) in [4.78, 5) is 11.2. The largest absolute Gasteiger partial charge is 0.468 e. The Labute approximate surface area is 95.6 Å². The van der Waals surface area contributed by atoms with Gasteiger partial charge in [-0.3, -0.25) is 4.79 Å². The van der Waals surface area contributed by atoms with Crippen molar-refractivity contribution in [2.24, 2.45) is 5.73 Å². The van der Waals surface area contributed by atoms with Gasteiger partial charge in [-0.05, 0) is 42.4 Å². The first-order chi connectivity index (χ1) is 7.70. The Balaban J connectivity index is 2.08. The quantitative estimate of drug-likeness (QED) is 0.778. The van der Waals surface area contributed by atoms with E-state index in [1.807, 2.05) is 0 Å². The Kier molecular flexibility index (Phi) is 3.25. The van der Waals surface area contributed by atoms with Crippen molar-refractivity contribution in [3.05, 3.63) is 34.9 Å². The number of nitrogens with two attached hydrogens (primary N) is 1. The third kappa shape index (κ3) is 2.25. The lowest BCUT2D eigenvalue weighted by molar-refractivity contribution is -0.142. The fourth-order valence-electron chi connectivity index (χ4n) is 2.24. The van der Waals surface area contributed by atoms with E-state index in [0.717, 1.165) is 12.0 Å². The van der Waals surface area contributed by atoms with Crippen molar-refractivity contribution < 1.29 is 9.53 Å². The number of ether oxygens (including phenoxy) is 1. The third-order valence-corrected chi connectivity index (χ3v) is 3.12. The smallest absolute Gasteiger partial charge is 0.322 e. The van der Waals surface area contributed by atoms with E-state index >= 15 is 0 Å². The summed E-state index contributed by atoms with van der Waals surface area (Å²) in [6.45, 7) is 0. The lowest BCUT2D eigenvalue weighted by atomic mass is 10.0. The summed E-state index contributed by atoms with van der Waals surface area (Å²) in [5.41, 5.74) is 9.71. The molecule has 0 heterocycles. The average Bonchev–Trinajstić information content (AvgIpc) is 2.75. The molecule has 0 fully saturated rings. The SMILES string of the molecule is COC(=O)[C@H](N)Cc1ccc2c(c1)CCC2. The number of methoxy groups -OCH3 is 1. The van der Waals surface area contributed by atoms with Gasteiger partial charge in [0.05, 0.1) is 7.11 Å². The van der Waals surface area contributed by atoms with E-state index < -0.39 is 6.04 Å². The zero-order chi connectivity index (χ0) is 11.5. The predicted octanol–water partition coefficient (Wildman–Crippen LogP) is 1.22. The Bertz CT molecular complexity index is 401. The van der Waals surface area contributed by atoms with Gasteiger partial charge in [0.25, 0.3) is 0 Å². The summed E-state index contributed by atoms with van der Waals surface area (Å²) >= 11 is 0. The molecule has 0 spiro atoms. The van der Waals surface area contributed by atoms with Gasteiger partial charge in [-0.2, -0.15) is 0 Å². The number of aryl methyl sites for hydroxylation is 2. The molecule has 1 aliphatic rings. The number of carbonyl (C=O) groups is 1. The Hall–Kier alpha value is -1.35. The van der Waals surface area contributed by atoms with Gasteiger partial charge in [0.15, 0.2) is 0 Å². The maximum Gasteiger partial charge on any atom is 0.322 e. The van der Waals surface area contributed by atoms with Gasteiger partial charge in [-0.1, -0.05) is 18.2 Å². The van der Waals surface area contributed by atoms with Gasteiger partial charge in [0.2, 0.25) is 0 Å². The molecule has 2 rings (SSSR count). The molecule has 0 radical (unpaired) electrons.